The van der Waals surface area contributed by atoms with Crippen LogP contribution in [0.3, 0.4) is 0 Å². The molecule has 0 rings (SSSR count). The van der Waals surface area contributed by atoms with E-state index in [2.05, 4.69) is 12.1 Å². The van der Waals surface area contributed by atoms with Gasteiger partial charge in [0.15, 0.2) is 0 Å². The molecule has 0 heterocycles. The maximum Gasteiger partial charge on any atom is 0.0701 e. The van der Waals surface area contributed by atoms with Gasteiger partial charge in [0.05, 0.1) is 50.4 Å². The van der Waals surface area contributed by atoms with Crippen molar-refractivity contribution in [2.24, 2.45) is 11.8 Å². The Hall–Kier alpha value is -1.10. The first kappa shape index (κ1) is 12.9. The molecule has 4 nitrogen and oxygen atoms in total. The average molecular weight is 196 g/mol. The lowest BCUT2D eigenvalue weighted by molar-refractivity contribution is 0.0356. The Labute approximate surface area is 85.0 Å². The van der Waals surface area contributed by atoms with Gasteiger partial charge in [0, 0.05) is 0 Å². The van der Waals surface area contributed by atoms with E-state index in [9.17, 15) is 0 Å². The van der Waals surface area contributed by atoms with Crippen molar-refractivity contribution in [2.75, 3.05) is 26.4 Å². The number of nitriles is 2. The third-order valence-electron chi connectivity index (χ3n) is 1.55. The monoisotopic (exact) mass is 196 g/mol. The Bertz CT molecular complexity index is 193. The average Bonchev–Trinajstić information content (AvgIpc) is 2.22. The summed E-state index contributed by atoms with van der Waals surface area (Å²) in [5.41, 5.74) is 0. The molecule has 0 saturated carbocycles. The maximum absolute atomic E-state index is 8.44. The molecule has 4 heteroatoms. The van der Waals surface area contributed by atoms with Gasteiger partial charge in [0.25, 0.3) is 0 Å². The molecule has 0 aliphatic heterocycles. The van der Waals surface area contributed by atoms with E-state index in [0.717, 1.165) is 0 Å². The lowest BCUT2D eigenvalue weighted by Crippen LogP contribution is -2.11. The zero-order valence-electron chi connectivity index (χ0n) is 8.69. The van der Waals surface area contributed by atoms with Gasteiger partial charge in [-0.15, -0.1) is 0 Å². The largest absolute Gasteiger partial charge is 0.378 e. The normalized spacial score (nSPS) is 14.0. The topological polar surface area (TPSA) is 66.0 Å². The third-order valence-corrected chi connectivity index (χ3v) is 1.55. The van der Waals surface area contributed by atoms with Crippen LogP contribution in [0.15, 0.2) is 0 Å². The van der Waals surface area contributed by atoms with Crippen molar-refractivity contribution in [3.63, 3.8) is 0 Å². The molecule has 0 radical (unpaired) electrons. The summed E-state index contributed by atoms with van der Waals surface area (Å²) in [7, 11) is 0. The van der Waals surface area contributed by atoms with Gasteiger partial charge in [-0.3, -0.25) is 0 Å². The molecule has 0 N–H and O–H groups in total. The molecular weight excluding hydrogens is 180 g/mol. The van der Waals surface area contributed by atoms with Crippen molar-refractivity contribution < 1.29 is 9.47 Å². The minimum atomic E-state index is -0.0759. The fraction of sp³-hybridized carbons (Fsp3) is 0.800. The number of nitrogens with zero attached hydrogens (tertiary/aromatic N) is 2. The van der Waals surface area contributed by atoms with E-state index < -0.39 is 0 Å². The van der Waals surface area contributed by atoms with E-state index in [4.69, 9.17) is 20.0 Å². The maximum atomic E-state index is 8.44. The molecule has 0 fully saturated rings. The van der Waals surface area contributed by atoms with Crippen molar-refractivity contribution in [3.05, 3.63) is 0 Å². The Kier molecular flexibility index (Phi) is 7.83. The zero-order valence-corrected chi connectivity index (χ0v) is 8.69. The van der Waals surface area contributed by atoms with Gasteiger partial charge >= 0.3 is 0 Å². The first-order valence-corrected chi connectivity index (χ1v) is 4.65. The van der Waals surface area contributed by atoms with Gasteiger partial charge in [0.2, 0.25) is 0 Å². The Morgan fingerprint density at radius 1 is 0.929 bits per heavy atom. The highest BCUT2D eigenvalue weighted by atomic mass is 16.5. The van der Waals surface area contributed by atoms with E-state index in [0.29, 0.717) is 26.4 Å². The number of ether oxygens (including phenoxy) is 2. The van der Waals surface area contributed by atoms with Gasteiger partial charge in [0.1, 0.15) is 0 Å². The molecule has 14 heavy (non-hydrogen) atoms. The van der Waals surface area contributed by atoms with Crippen LogP contribution in [0.2, 0.25) is 0 Å². The number of rotatable bonds is 7. The van der Waals surface area contributed by atoms with Gasteiger partial charge in [-0.2, -0.15) is 10.5 Å². The molecule has 0 bridgehead atoms. The molecule has 0 aromatic rings. The summed E-state index contributed by atoms with van der Waals surface area (Å²) in [6.07, 6.45) is 0. The van der Waals surface area contributed by atoms with Crippen LogP contribution in [0.1, 0.15) is 13.8 Å². The molecule has 2 atom stereocenters. The molecule has 0 aromatic heterocycles. The minimum absolute atomic E-state index is 0.0759. The first-order chi connectivity index (χ1) is 6.70. The van der Waals surface area contributed by atoms with Crippen molar-refractivity contribution in [1.29, 1.82) is 10.5 Å². The SMILES string of the molecule is CC(C#N)COCCOCC(C)C#N. The molecule has 78 valence electrons. The van der Waals surface area contributed by atoms with E-state index >= 15 is 0 Å². The first-order valence-electron chi connectivity index (χ1n) is 4.65. The summed E-state index contributed by atoms with van der Waals surface area (Å²) in [4.78, 5) is 0. The van der Waals surface area contributed by atoms with Crippen molar-refractivity contribution in [3.8, 4) is 12.1 Å². The quantitative estimate of drug-likeness (QED) is 0.576. The molecule has 0 aliphatic carbocycles. The van der Waals surface area contributed by atoms with E-state index in [1.807, 2.05) is 0 Å². The number of hydrogen-bond donors (Lipinski definition) is 0. The van der Waals surface area contributed by atoms with E-state index in [1.165, 1.54) is 0 Å². The van der Waals surface area contributed by atoms with Crippen molar-refractivity contribution in [2.45, 2.75) is 13.8 Å². The van der Waals surface area contributed by atoms with E-state index in [1.54, 1.807) is 13.8 Å². The van der Waals surface area contributed by atoms with Gasteiger partial charge in [-0.1, -0.05) is 0 Å². The smallest absolute Gasteiger partial charge is 0.0701 e. The van der Waals surface area contributed by atoms with Crippen molar-refractivity contribution >= 4 is 0 Å². The predicted molar refractivity (Wildman–Crippen MR) is 51.2 cm³/mol. The third kappa shape index (κ3) is 7.54. The lowest BCUT2D eigenvalue weighted by Gasteiger charge is -2.06. The fourth-order valence-corrected chi connectivity index (χ4v) is 0.713. The van der Waals surface area contributed by atoms with Crippen LogP contribution in [-0.2, 0) is 9.47 Å². The van der Waals surface area contributed by atoms with Crippen LogP contribution < -0.4 is 0 Å². The van der Waals surface area contributed by atoms with Gasteiger partial charge < -0.3 is 9.47 Å². The molecule has 0 spiro atoms. The van der Waals surface area contributed by atoms with Crippen LogP contribution in [0, 0.1) is 34.5 Å². The molecule has 2 unspecified atom stereocenters. The highest BCUT2D eigenvalue weighted by molar-refractivity contribution is 4.78. The molecule has 0 saturated heterocycles. The molecular formula is C10H16N2O2. The molecule has 0 aromatic carbocycles. The van der Waals surface area contributed by atoms with Crippen LogP contribution in [0.25, 0.3) is 0 Å². The second kappa shape index (κ2) is 8.50. The Morgan fingerprint density at radius 2 is 1.29 bits per heavy atom. The number of hydrogen-bond acceptors (Lipinski definition) is 4. The van der Waals surface area contributed by atoms with Crippen LogP contribution in [0.4, 0.5) is 0 Å². The van der Waals surface area contributed by atoms with Gasteiger partial charge in [-0.25, -0.2) is 0 Å². The second-order valence-electron chi connectivity index (χ2n) is 3.21. The standard InChI is InChI=1S/C10H16N2O2/c1-9(5-11)7-13-3-4-14-8-10(2)6-12/h9-10H,3-4,7-8H2,1-2H3. The summed E-state index contributed by atoms with van der Waals surface area (Å²) in [6, 6.07) is 4.15. The fourth-order valence-electron chi connectivity index (χ4n) is 0.713. The predicted octanol–water partition coefficient (Wildman–Crippen LogP) is 1.34. The highest BCUT2D eigenvalue weighted by Crippen LogP contribution is 1.94. The zero-order chi connectivity index (χ0) is 10.8. The summed E-state index contributed by atoms with van der Waals surface area (Å²) >= 11 is 0. The minimum Gasteiger partial charge on any atom is -0.378 e. The Morgan fingerprint density at radius 3 is 1.57 bits per heavy atom. The van der Waals surface area contributed by atoms with Crippen LogP contribution in [0.5, 0.6) is 0 Å². The molecule has 0 amide bonds. The van der Waals surface area contributed by atoms with Gasteiger partial charge in [-0.05, 0) is 13.8 Å². The summed E-state index contributed by atoms with van der Waals surface area (Å²) in [6.45, 7) is 5.44. The molecule has 0 aliphatic rings. The summed E-state index contributed by atoms with van der Waals surface area (Å²) < 4.78 is 10.3. The second-order valence-corrected chi connectivity index (χ2v) is 3.21. The highest BCUT2D eigenvalue weighted by Gasteiger charge is 2.00. The van der Waals surface area contributed by atoms with Crippen molar-refractivity contribution in [1.82, 2.24) is 0 Å². The van der Waals surface area contributed by atoms with E-state index in [-0.39, 0.29) is 11.8 Å². The lowest BCUT2D eigenvalue weighted by atomic mass is 10.2. The summed E-state index contributed by atoms with van der Waals surface area (Å²) in [5, 5.41) is 16.9. The Balaban J connectivity index is 3.16. The summed E-state index contributed by atoms with van der Waals surface area (Å²) in [5.74, 6) is -0.152. The van der Waals surface area contributed by atoms with Crippen LogP contribution in [-0.4, -0.2) is 26.4 Å². The van der Waals surface area contributed by atoms with Crippen LogP contribution >= 0.6 is 0 Å².